The maximum atomic E-state index is 13.8. The maximum absolute atomic E-state index is 13.8. The fourth-order valence-corrected chi connectivity index (χ4v) is 3.12. The van der Waals surface area contributed by atoms with Crippen molar-refractivity contribution >= 4 is 34.5 Å². The van der Waals surface area contributed by atoms with E-state index in [0.29, 0.717) is 27.8 Å². The van der Waals surface area contributed by atoms with Crippen LogP contribution in [-0.4, -0.2) is 16.1 Å². The van der Waals surface area contributed by atoms with Gasteiger partial charge in [0.05, 0.1) is 6.54 Å². The van der Waals surface area contributed by atoms with E-state index in [1.165, 1.54) is 17.4 Å². The molecule has 0 bridgehead atoms. The Balaban J connectivity index is 1.58. The van der Waals surface area contributed by atoms with Gasteiger partial charge in [0, 0.05) is 22.3 Å². The minimum absolute atomic E-state index is 0.188. The Kier molecular flexibility index (Phi) is 5.92. The van der Waals surface area contributed by atoms with Crippen LogP contribution < -0.4 is 10.6 Å². The van der Waals surface area contributed by atoms with Crippen molar-refractivity contribution in [3.63, 3.8) is 0 Å². The number of aromatic nitrogens is 2. The lowest BCUT2D eigenvalue weighted by atomic mass is 10.1. The van der Waals surface area contributed by atoms with Crippen LogP contribution in [0.15, 0.2) is 48.5 Å². The number of carbonyl (C=O) groups is 1. The molecule has 1 atom stereocenters. The van der Waals surface area contributed by atoms with E-state index in [1.54, 1.807) is 42.5 Å². The molecular formula is C18H16ClFN4OS. The minimum atomic E-state index is -0.335. The standard InChI is InChI=1S/C18H16ClFN4OS/c1-11(14-4-2-3-5-15(14)20)21-10-16-23-24-18(26-16)17(25)22-13-8-6-12(19)7-9-13/h2-9,11,21H,10H2,1H3,(H,22,25). The summed E-state index contributed by atoms with van der Waals surface area (Å²) in [7, 11) is 0. The molecule has 8 heteroatoms. The molecular weight excluding hydrogens is 375 g/mol. The molecule has 2 N–H and O–H groups in total. The van der Waals surface area contributed by atoms with Crippen molar-refractivity contribution in [3.05, 3.63) is 74.9 Å². The molecule has 26 heavy (non-hydrogen) atoms. The van der Waals surface area contributed by atoms with E-state index >= 15 is 0 Å². The molecule has 0 spiro atoms. The Morgan fingerprint density at radius 1 is 1.19 bits per heavy atom. The van der Waals surface area contributed by atoms with Gasteiger partial charge in [0.1, 0.15) is 10.8 Å². The van der Waals surface area contributed by atoms with Gasteiger partial charge >= 0.3 is 0 Å². The highest BCUT2D eigenvalue weighted by Crippen LogP contribution is 2.19. The number of benzene rings is 2. The first kappa shape index (κ1) is 18.4. The number of rotatable bonds is 6. The molecule has 0 aliphatic heterocycles. The first-order valence-corrected chi connectivity index (χ1v) is 9.09. The van der Waals surface area contributed by atoms with E-state index in [0.717, 1.165) is 0 Å². The van der Waals surface area contributed by atoms with Gasteiger partial charge in [-0.2, -0.15) is 0 Å². The number of nitrogens with zero attached hydrogens (tertiary/aromatic N) is 2. The predicted octanol–water partition coefficient (Wildman–Crippen LogP) is 4.43. The zero-order valence-corrected chi connectivity index (χ0v) is 15.4. The predicted molar refractivity (Wildman–Crippen MR) is 101 cm³/mol. The first-order valence-electron chi connectivity index (χ1n) is 7.90. The monoisotopic (exact) mass is 390 g/mol. The highest BCUT2D eigenvalue weighted by atomic mass is 35.5. The molecule has 0 radical (unpaired) electrons. The van der Waals surface area contributed by atoms with Crippen LogP contribution in [0.4, 0.5) is 10.1 Å². The smallest absolute Gasteiger partial charge is 0.286 e. The third kappa shape index (κ3) is 4.63. The van der Waals surface area contributed by atoms with Gasteiger partial charge in [0.15, 0.2) is 0 Å². The number of amides is 1. The summed E-state index contributed by atoms with van der Waals surface area (Å²) >= 11 is 7.01. The summed E-state index contributed by atoms with van der Waals surface area (Å²) in [6.45, 7) is 2.26. The van der Waals surface area contributed by atoms with Gasteiger partial charge in [-0.1, -0.05) is 41.1 Å². The molecule has 2 aromatic carbocycles. The van der Waals surface area contributed by atoms with Gasteiger partial charge in [-0.25, -0.2) is 4.39 Å². The Labute approximate surface area is 159 Å². The fourth-order valence-electron chi connectivity index (χ4n) is 2.31. The zero-order chi connectivity index (χ0) is 18.5. The molecule has 1 aromatic heterocycles. The Bertz CT molecular complexity index is 900. The molecule has 3 rings (SSSR count). The molecule has 1 unspecified atom stereocenters. The first-order chi connectivity index (χ1) is 12.5. The van der Waals surface area contributed by atoms with Crippen molar-refractivity contribution < 1.29 is 9.18 Å². The Morgan fingerprint density at radius 3 is 2.65 bits per heavy atom. The average molecular weight is 391 g/mol. The van der Waals surface area contributed by atoms with Crippen molar-refractivity contribution in [3.8, 4) is 0 Å². The maximum Gasteiger partial charge on any atom is 0.286 e. The number of hydrogen-bond donors (Lipinski definition) is 2. The highest BCUT2D eigenvalue weighted by Gasteiger charge is 2.15. The van der Waals surface area contributed by atoms with Crippen molar-refractivity contribution in [2.45, 2.75) is 19.5 Å². The molecule has 0 saturated carbocycles. The van der Waals surface area contributed by atoms with Gasteiger partial charge < -0.3 is 10.6 Å². The lowest BCUT2D eigenvalue weighted by Gasteiger charge is -2.13. The third-order valence-electron chi connectivity index (χ3n) is 3.69. The van der Waals surface area contributed by atoms with Crippen molar-refractivity contribution in [1.29, 1.82) is 0 Å². The molecule has 1 amide bonds. The second-order valence-corrected chi connectivity index (χ2v) is 7.08. The van der Waals surface area contributed by atoms with Crippen LogP contribution in [-0.2, 0) is 6.54 Å². The summed E-state index contributed by atoms with van der Waals surface area (Å²) in [4.78, 5) is 12.2. The molecule has 1 heterocycles. The van der Waals surface area contributed by atoms with Crippen LogP contribution in [0.2, 0.25) is 5.02 Å². The van der Waals surface area contributed by atoms with E-state index in [2.05, 4.69) is 20.8 Å². The van der Waals surface area contributed by atoms with Crippen LogP contribution in [0, 0.1) is 5.82 Å². The number of halogens is 2. The third-order valence-corrected chi connectivity index (χ3v) is 4.87. The fraction of sp³-hybridized carbons (Fsp3) is 0.167. The second-order valence-electron chi connectivity index (χ2n) is 5.59. The van der Waals surface area contributed by atoms with E-state index in [9.17, 15) is 9.18 Å². The van der Waals surface area contributed by atoms with Gasteiger partial charge in [-0.05, 0) is 37.3 Å². The molecule has 3 aromatic rings. The lowest BCUT2D eigenvalue weighted by Crippen LogP contribution is -2.19. The normalized spacial score (nSPS) is 12.0. The van der Waals surface area contributed by atoms with Crippen LogP contribution in [0.1, 0.15) is 33.3 Å². The Morgan fingerprint density at radius 2 is 1.92 bits per heavy atom. The molecule has 0 saturated heterocycles. The SMILES string of the molecule is CC(NCc1nnc(C(=O)Nc2ccc(Cl)cc2)s1)c1ccccc1F. The number of hydrogen-bond acceptors (Lipinski definition) is 5. The van der Waals surface area contributed by atoms with E-state index in [4.69, 9.17) is 11.6 Å². The summed E-state index contributed by atoms with van der Waals surface area (Å²) in [6.07, 6.45) is 0. The van der Waals surface area contributed by atoms with Crippen molar-refractivity contribution in [2.24, 2.45) is 0 Å². The second kappa shape index (κ2) is 8.35. The van der Waals surface area contributed by atoms with E-state index in [-0.39, 0.29) is 22.8 Å². The molecule has 5 nitrogen and oxygen atoms in total. The van der Waals surface area contributed by atoms with Gasteiger partial charge in [0.2, 0.25) is 5.01 Å². The van der Waals surface area contributed by atoms with Crippen molar-refractivity contribution in [2.75, 3.05) is 5.32 Å². The summed E-state index contributed by atoms with van der Waals surface area (Å²) < 4.78 is 13.8. The minimum Gasteiger partial charge on any atom is -0.320 e. The molecule has 0 fully saturated rings. The topological polar surface area (TPSA) is 66.9 Å². The Hall–Kier alpha value is -2.35. The number of nitrogens with one attached hydrogen (secondary N) is 2. The number of anilines is 1. The van der Waals surface area contributed by atoms with Crippen molar-refractivity contribution in [1.82, 2.24) is 15.5 Å². The molecule has 0 aliphatic carbocycles. The van der Waals surface area contributed by atoms with Crippen LogP contribution in [0.3, 0.4) is 0 Å². The molecule has 134 valence electrons. The highest BCUT2D eigenvalue weighted by molar-refractivity contribution is 7.13. The van der Waals surface area contributed by atoms with E-state index < -0.39 is 0 Å². The van der Waals surface area contributed by atoms with Crippen LogP contribution in [0.25, 0.3) is 0 Å². The number of carbonyl (C=O) groups excluding carboxylic acids is 1. The quantitative estimate of drug-likeness (QED) is 0.653. The van der Waals surface area contributed by atoms with Crippen LogP contribution >= 0.6 is 22.9 Å². The van der Waals surface area contributed by atoms with Gasteiger partial charge in [0.25, 0.3) is 5.91 Å². The lowest BCUT2D eigenvalue weighted by molar-refractivity contribution is 0.102. The summed E-state index contributed by atoms with van der Waals surface area (Å²) in [5.41, 5.74) is 1.21. The largest absolute Gasteiger partial charge is 0.320 e. The molecule has 0 aliphatic rings. The summed E-state index contributed by atoms with van der Waals surface area (Å²) in [5.74, 6) is -0.592. The van der Waals surface area contributed by atoms with Crippen LogP contribution in [0.5, 0.6) is 0 Å². The van der Waals surface area contributed by atoms with E-state index in [1.807, 2.05) is 6.92 Å². The zero-order valence-electron chi connectivity index (χ0n) is 13.9. The summed E-state index contributed by atoms with van der Waals surface area (Å²) in [5, 5.41) is 15.3. The average Bonchev–Trinajstić information content (AvgIpc) is 3.11. The summed E-state index contributed by atoms with van der Waals surface area (Å²) in [6, 6.07) is 13.2. The van der Waals surface area contributed by atoms with Gasteiger partial charge in [-0.3, -0.25) is 4.79 Å². The van der Waals surface area contributed by atoms with Gasteiger partial charge in [-0.15, -0.1) is 10.2 Å².